The van der Waals surface area contributed by atoms with E-state index in [2.05, 4.69) is 47.1 Å². The number of allylic oxidation sites excluding steroid dienone is 2. The summed E-state index contributed by atoms with van der Waals surface area (Å²) in [5.74, 6) is 0. The van der Waals surface area contributed by atoms with Gasteiger partial charge >= 0.3 is 0 Å². The molecule has 1 aromatic heterocycles. The maximum absolute atomic E-state index is 4.37. The number of aromatic nitrogens is 1. The lowest BCUT2D eigenvalue weighted by atomic mass is 10.3. The van der Waals surface area contributed by atoms with E-state index < -0.39 is 0 Å². The van der Waals surface area contributed by atoms with E-state index >= 15 is 0 Å². The quantitative estimate of drug-likeness (QED) is 0.475. The third kappa shape index (κ3) is 4.43. The van der Waals surface area contributed by atoms with Gasteiger partial charge in [0.05, 0.1) is 22.3 Å². The maximum Gasteiger partial charge on any atom is 0.0832 e. The first-order valence-electron chi connectivity index (χ1n) is 6.90. The first kappa shape index (κ1) is 15.3. The minimum Gasteiger partial charge on any atom is -0.359 e. The molecular formula is C16H20N4S. The lowest BCUT2D eigenvalue weighted by Gasteiger charge is -2.13. The number of hydrazone groups is 1. The molecule has 1 aromatic carbocycles. The Kier molecular flexibility index (Phi) is 5.51. The highest BCUT2D eigenvalue weighted by Crippen LogP contribution is 2.22. The minimum atomic E-state index is 0.758. The van der Waals surface area contributed by atoms with Gasteiger partial charge in [-0.1, -0.05) is 6.08 Å². The van der Waals surface area contributed by atoms with Gasteiger partial charge in [-0.25, -0.2) is 4.98 Å². The van der Waals surface area contributed by atoms with Crippen molar-refractivity contribution >= 4 is 33.5 Å². The standard InChI is InChI=1S/C16H20N4S/c1-4-10-20(5-2)18-9-8-13(3)19-14-6-7-16-15(11-14)17-12-21-16/h4,6-9,11-12,19H,1,5,10H2,2-3H3/b13-8+,18-9-. The van der Waals surface area contributed by atoms with E-state index in [1.165, 1.54) is 4.70 Å². The third-order valence-electron chi connectivity index (χ3n) is 2.93. The SMILES string of the molecule is C=CCN(CC)/N=C\C=C(/C)Nc1ccc2scnc2c1. The van der Waals surface area contributed by atoms with Crippen molar-refractivity contribution in [1.82, 2.24) is 9.99 Å². The zero-order valence-corrected chi connectivity index (χ0v) is 13.2. The summed E-state index contributed by atoms with van der Waals surface area (Å²) < 4.78 is 1.20. The van der Waals surface area contributed by atoms with Gasteiger partial charge in [-0.2, -0.15) is 5.10 Å². The van der Waals surface area contributed by atoms with Gasteiger partial charge in [0.2, 0.25) is 0 Å². The highest BCUT2D eigenvalue weighted by molar-refractivity contribution is 7.16. The summed E-state index contributed by atoms with van der Waals surface area (Å²) in [5, 5.41) is 9.65. The van der Waals surface area contributed by atoms with Gasteiger partial charge in [-0.05, 0) is 38.1 Å². The molecular weight excluding hydrogens is 280 g/mol. The molecule has 0 spiro atoms. The van der Waals surface area contributed by atoms with Crippen LogP contribution in [0.4, 0.5) is 5.69 Å². The van der Waals surface area contributed by atoms with Crippen molar-refractivity contribution in [1.29, 1.82) is 0 Å². The molecule has 4 nitrogen and oxygen atoms in total. The first-order chi connectivity index (χ1) is 10.2. The van der Waals surface area contributed by atoms with Crippen LogP contribution in [0.5, 0.6) is 0 Å². The maximum atomic E-state index is 4.37. The van der Waals surface area contributed by atoms with Crippen molar-refractivity contribution in [2.45, 2.75) is 13.8 Å². The van der Waals surface area contributed by atoms with Crippen LogP contribution in [-0.4, -0.2) is 29.3 Å². The van der Waals surface area contributed by atoms with Crippen LogP contribution >= 0.6 is 11.3 Å². The van der Waals surface area contributed by atoms with Gasteiger partial charge in [-0.15, -0.1) is 17.9 Å². The van der Waals surface area contributed by atoms with E-state index in [9.17, 15) is 0 Å². The zero-order valence-electron chi connectivity index (χ0n) is 12.4. The summed E-state index contributed by atoms with van der Waals surface area (Å²) in [6.07, 6.45) is 5.60. The van der Waals surface area contributed by atoms with Gasteiger partial charge in [0, 0.05) is 24.1 Å². The number of hydrogen-bond acceptors (Lipinski definition) is 5. The smallest absolute Gasteiger partial charge is 0.0832 e. The molecule has 0 radical (unpaired) electrons. The lowest BCUT2D eigenvalue weighted by Crippen LogP contribution is -2.16. The second-order valence-electron chi connectivity index (χ2n) is 4.57. The number of fused-ring (bicyclic) bond motifs is 1. The van der Waals surface area contributed by atoms with Gasteiger partial charge in [0.25, 0.3) is 0 Å². The topological polar surface area (TPSA) is 40.5 Å². The number of nitrogens with one attached hydrogen (secondary N) is 1. The molecule has 0 unspecified atom stereocenters. The molecule has 0 amide bonds. The molecule has 21 heavy (non-hydrogen) atoms. The Labute approximate surface area is 129 Å². The summed E-state index contributed by atoms with van der Waals surface area (Å²) >= 11 is 1.65. The molecule has 0 aliphatic carbocycles. The summed E-state index contributed by atoms with van der Waals surface area (Å²) in [4.78, 5) is 4.32. The molecule has 0 atom stereocenters. The van der Waals surface area contributed by atoms with Gasteiger partial charge in [-0.3, -0.25) is 5.01 Å². The van der Waals surface area contributed by atoms with Crippen molar-refractivity contribution in [2.24, 2.45) is 5.10 Å². The summed E-state index contributed by atoms with van der Waals surface area (Å²) in [6, 6.07) is 6.20. The number of benzene rings is 1. The van der Waals surface area contributed by atoms with Crippen LogP contribution in [0, 0.1) is 0 Å². The lowest BCUT2D eigenvalue weighted by molar-refractivity contribution is 0.340. The van der Waals surface area contributed by atoms with Crippen LogP contribution in [-0.2, 0) is 0 Å². The second kappa shape index (κ2) is 7.59. The van der Waals surface area contributed by atoms with Gasteiger partial charge in [0.1, 0.15) is 0 Å². The molecule has 0 aliphatic rings. The van der Waals surface area contributed by atoms with Crippen LogP contribution < -0.4 is 5.32 Å². The molecule has 110 valence electrons. The van der Waals surface area contributed by atoms with Crippen molar-refractivity contribution < 1.29 is 0 Å². The molecule has 0 bridgehead atoms. The van der Waals surface area contributed by atoms with E-state index in [0.29, 0.717) is 0 Å². The molecule has 0 fully saturated rings. The Bertz CT molecular complexity index is 657. The zero-order chi connectivity index (χ0) is 15.1. The summed E-state index contributed by atoms with van der Waals surface area (Å²) in [6.45, 7) is 9.42. The molecule has 1 heterocycles. The summed E-state index contributed by atoms with van der Waals surface area (Å²) in [7, 11) is 0. The van der Waals surface area contributed by atoms with E-state index in [1.807, 2.05) is 29.6 Å². The van der Waals surface area contributed by atoms with Crippen molar-refractivity contribution in [2.75, 3.05) is 18.4 Å². The molecule has 1 N–H and O–H groups in total. The van der Waals surface area contributed by atoms with Crippen molar-refractivity contribution in [3.05, 3.63) is 48.1 Å². The first-order valence-corrected chi connectivity index (χ1v) is 7.78. The Balaban J connectivity index is 1.99. The van der Waals surface area contributed by atoms with Crippen molar-refractivity contribution in [3.8, 4) is 0 Å². The monoisotopic (exact) mass is 300 g/mol. The molecule has 5 heteroatoms. The molecule has 2 rings (SSSR count). The van der Waals surface area contributed by atoms with Crippen LogP contribution in [0.3, 0.4) is 0 Å². The predicted octanol–water partition coefficient (Wildman–Crippen LogP) is 4.11. The van der Waals surface area contributed by atoms with Crippen LogP contribution in [0.1, 0.15) is 13.8 Å². The highest BCUT2D eigenvalue weighted by Gasteiger charge is 1.98. The fourth-order valence-corrected chi connectivity index (χ4v) is 2.51. The van der Waals surface area contributed by atoms with Crippen LogP contribution in [0.25, 0.3) is 10.2 Å². The number of rotatable bonds is 7. The van der Waals surface area contributed by atoms with Crippen LogP contribution in [0.2, 0.25) is 0 Å². The molecule has 0 aliphatic heterocycles. The number of nitrogens with zero attached hydrogens (tertiary/aromatic N) is 3. The van der Waals surface area contributed by atoms with E-state index in [4.69, 9.17) is 0 Å². The van der Waals surface area contributed by atoms with E-state index in [0.717, 1.165) is 30.0 Å². The fraction of sp³-hybridized carbons (Fsp3) is 0.250. The van der Waals surface area contributed by atoms with Gasteiger partial charge < -0.3 is 5.32 Å². The molecule has 0 saturated heterocycles. The largest absolute Gasteiger partial charge is 0.359 e. The van der Waals surface area contributed by atoms with E-state index in [1.54, 1.807) is 17.6 Å². The average Bonchev–Trinajstić information content (AvgIpc) is 2.93. The average molecular weight is 300 g/mol. The number of hydrogen-bond donors (Lipinski definition) is 1. The molecule has 0 saturated carbocycles. The van der Waals surface area contributed by atoms with E-state index in [-0.39, 0.29) is 0 Å². The number of likely N-dealkylation sites (N-methyl/N-ethyl adjacent to an activating group) is 1. The number of thiazole rings is 1. The Morgan fingerprint density at radius 1 is 1.52 bits per heavy atom. The second-order valence-corrected chi connectivity index (χ2v) is 5.45. The van der Waals surface area contributed by atoms with Crippen LogP contribution in [0.15, 0.2) is 53.2 Å². The number of anilines is 1. The van der Waals surface area contributed by atoms with Gasteiger partial charge in [0.15, 0.2) is 0 Å². The summed E-state index contributed by atoms with van der Waals surface area (Å²) in [5.41, 5.74) is 4.95. The normalized spacial score (nSPS) is 12.0. The van der Waals surface area contributed by atoms with Crippen molar-refractivity contribution in [3.63, 3.8) is 0 Å². The Hall–Kier alpha value is -2.14. The minimum absolute atomic E-state index is 0.758. The molecule has 2 aromatic rings. The Morgan fingerprint density at radius 3 is 3.14 bits per heavy atom. The predicted molar refractivity (Wildman–Crippen MR) is 92.9 cm³/mol. The third-order valence-corrected chi connectivity index (χ3v) is 3.74. The highest BCUT2D eigenvalue weighted by atomic mass is 32.1. The fourth-order valence-electron chi connectivity index (χ4n) is 1.85. The Morgan fingerprint density at radius 2 is 2.38 bits per heavy atom.